The molecule has 0 saturated heterocycles. The summed E-state index contributed by atoms with van der Waals surface area (Å²) < 4.78 is 6.46. The van der Waals surface area contributed by atoms with Gasteiger partial charge in [0.25, 0.3) is 5.91 Å². The topological polar surface area (TPSA) is 77.3 Å². The van der Waals surface area contributed by atoms with Crippen LogP contribution in [0.5, 0.6) is 0 Å². The van der Waals surface area contributed by atoms with Gasteiger partial charge in [-0.15, -0.1) is 0 Å². The first kappa shape index (κ1) is 20.1. The number of carbonyl (C=O) groups is 2. The highest BCUT2D eigenvalue weighted by Crippen LogP contribution is 2.28. The Labute approximate surface area is 171 Å². The molecule has 9 heteroatoms. The van der Waals surface area contributed by atoms with Crippen molar-refractivity contribution >= 4 is 51.9 Å². The van der Waals surface area contributed by atoms with E-state index < -0.39 is 10.8 Å². The molecule has 2 aromatic heterocycles. The minimum atomic E-state index is -0.776. The molecule has 0 aliphatic carbocycles. The smallest absolute Gasteiger partial charge is 0.307 e. The standard InChI is InChI=1S/C19H18Cl2N4O3/c1-24-14-7-6-12(11-13(14)23-18(24)17(20)21)19(27)25(10-8-16(26)28-2)15-5-3-4-9-22-15/h3-7,9,11,17H,8,10H2,1-2H3. The molecule has 7 nitrogen and oxygen atoms in total. The molecule has 1 amide bonds. The van der Waals surface area contributed by atoms with Gasteiger partial charge in [0.2, 0.25) is 0 Å². The molecule has 0 fully saturated rings. The number of amides is 1. The number of rotatable bonds is 6. The van der Waals surface area contributed by atoms with Gasteiger partial charge in [0.1, 0.15) is 11.6 Å². The lowest BCUT2D eigenvalue weighted by Crippen LogP contribution is -2.33. The zero-order valence-electron chi connectivity index (χ0n) is 15.3. The number of anilines is 1. The van der Waals surface area contributed by atoms with Crippen molar-refractivity contribution in [2.75, 3.05) is 18.6 Å². The van der Waals surface area contributed by atoms with Crippen LogP contribution in [0, 0.1) is 0 Å². The number of halogens is 2. The molecule has 0 spiro atoms. The largest absolute Gasteiger partial charge is 0.469 e. The summed E-state index contributed by atoms with van der Waals surface area (Å²) in [6, 6.07) is 10.4. The first-order valence-corrected chi connectivity index (χ1v) is 9.34. The third kappa shape index (κ3) is 4.10. The van der Waals surface area contributed by atoms with Gasteiger partial charge in [-0.3, -0.25) is 14.5 Å². The van der Waals surface area contributed by atoms with Crippen LogP contribution in [0.15, 0.2) is 42.6 Å². The van der Waals surface area contributed by atoms with Crippen molar-refractivity contribution in [2.24, 2.45) is 7.05 Å². The summed E-state index contributed by atoms with van der Waals surface area (Å²) in [4.78, 5) is 34.0. The molecule has 0 aliphatic heterocycles. The van der Waals surface area contributed by atoms with E-state index in [2.05, 4.69) is 14.7 Å². The highest BCUT2D eigenvalue weighted by molar-refractivity contribution is 6.43. The number of ether oxygens (including phenoxy) is 1. The van der Waals surface area contributed by atoms with E-state index in [-0.39, 0.29) is 18.9 Å². The van der Waals surface area contributed by atoms with Crippen molar-refractivity contribution in [2.45, 2.75) is 11.3 Å². The molecular formula is C19H18Cl2N4O3. The number of pyridine rings is 1. The third-order valence-corrected chi connectivity index (χ3v) is 4.69. The van der Waals surface area contributed by atoms with E-state index >= 15 is 0 Å². The summed E-state index contributed by atoms with van der Waals surface area (Å²) in [6.45, 7) is 0.138. The highest BCUT2D eigenvalue weighted by Gasteiger charge is 2.22. The van der Waals surface area contributed by atoms with Crippen molar-refractivity contribution in [3.05, 3.63) is 54.0 Å². The number of carbonyl (C=O) groups excluding carboxylic acids is 2. The van der Waals surface area contributed by atoms with Crippen LogP contribution in [-0.4, -0.2) is 40.1 Å². The molecule has 0 bridgehead atoms. The highest BCUT2D eigenvalue weighted by atomic mass is 35.5. The summed E-state index contributed by atoms with van der Waals surface area (Å²) in [6.07, 6.45) is 1.64. The number of benzene rings is 1. The van der Waals surface area contributed by atoms with Gasteiger partial charge >= 0.3 is 5.97 Å². The van der Waals surface area contributed by atoms with Crippen LogP contribution in [0.1, 0.15) is 27.4 Å². The predicted molar refractivity (Wildman–Crippen MR) is 108 cm³/mol. The fraction of sp³-hybridized carbons (Fsp3) is 0.263. The fourth-order valence-electron chi connectivity index (χ4n) is 2.84. The first-order chi connectivity index (χ1) is 13.4. The van der Waals surface area contributed by atoms with E-state index in [4.69, 9.17) is 23.2 Å². The zero-order valence-corrected chi connectivity index (χ0v) is 16.8. The number of hydrogen-bond acceptors (Lipinski definition) is 5. The van der Waals surface area contributed by atoms with E-state index in [0.717, 1.165) is 5.52 Å². The molecule has 0 unspecified atom stereocenters. The van der Waals surface area contributed by atoms with Crippen LogP contribution in [0.4, 0.5) is 5.82 Å². The maximum Gasteiger partial charge on any atom is 0.307 e. The molecule has 0 saturated carbocycles. The third-order valence-electron chi connectivity index (χ3n) is 4.30. The molecule has 3 rings (SSSR count). The van der Waals surface area contributed by atoms with E-state index in [0.29, 0.717) is 22.7 Å². The number of aryl methyl sites for hydroxylation is 1. The Morgan fingerprint density at radius 2 is 2.04 bits per heavy atom. The van der Waals surface area contributed by atoms with E-state index in [1.54, 1.807) is 54.2 Å². The number of nitrogens with zero attached hydrogens (tertiary/aromatic N) is 4. The summed E-state index contributed by atoms with van der Waals surface area (Å²) >= 11 is 11.9. The quantitative estimate of drug-likeness (QED) is 0.449. The van der Waals surface area contributed by atoms with Crippen molar-refractivity contribution in [3.63, 3.8) is 0 Å². The molecule has 0 aliphatic rings. The fourth-order valence-corrected chi connectivity index (χ4v) is 3.23. The van der Waals surface area contributed by atoms with Crippen LogP contribution in [0.3, 0.4) is 0 Å². The Balaban J connectivity index is 1.96. The average Bonchev–Trinajstić information content (AvgIpc) is 3.04. The van der Waals surface area contributed by atoms with Crippen LogP contribution >= 0.6 is 23.2 Å². The Hall–Kier alpha value is -2.64. The molecule has 28 heavy (non-hydrogen) atoms. The lowest BCUT2D eigenvalue weighted by molar-refractivity contribution is -0.140. The number of fused-ring (bicyclic) bond motifs is 1. The van der Waals surface area contributed by atoms with Gasteiger partial charge in [-0.05, 0) is 30.3 Å². The Bertz CT molecular complexity index is 1010. The molecule has 0 radical (unpaired) electrons. The number of methoxy groups -OCH3 is 1. The minimum Gasteiger partial charge on any atom is -0.469 e. The zero-order chi connectivity index (χ0) is 20.3. The second-order valence-electron chi connectivity index (χ2n) is 6.00. The van der Waals surface area contributed by atoms with E-state index in [9.17, 15) is 9.59 Å². The second-order valence-corrected chi connectivity index (χ2v) is 7.10. The minimum absolute atomic E-state index is 0.0506. The molecule has 2 heterocycles. The van der Waals surface area contributed by atoms with Crippen LogP contribution in [-0.2, 0) is 16.6 Å². The summed E-state index contributed by atoms with van der Waals surface area (Å²) in [5.74, 6) is 0.230. The van der Waals surface area contributed by atoms with Crippen molar-refractivity contribution in [1.29, 1.82) is 0 Å². The Morgan fingerprint density at radius 1 is 1.25 bits per heavy atom. The van der Waals surface area contributed by atoms with Gasteiger partial charge < -0.3 is 9.30 Å². The van der Waals surface area contributed by atoms with Gasteiger partial charge in [-0.25, -0.2) is 9.97 Å². The second kappa shape index (κ2) is 8.58. The van der Waals surface area contributed by atoms with Gasteiger partial charge in [0.05, 0.1) is 24.6 Å². The Morgan fingerprint density at radius 3 is 2.68 bits per heavy atom. The molecule has 1 aromatic carbocycles. The molecule has 0 atom stereocenters. The average molecular weight is 421 g/mol. The van der Waals surface area contributed by atoms with Gasteiger partial charge in [-0.1, -0.05) is 29.3 Å². The molecule has 0 N–H and O–H groups in total. The number of hydrogen-bond donors (Lipinski definition) is 0. The SMILES string of the molecule is COC(=O)CCN(C(=O)c1ccc2c(c1)nc(C(Cl)Cl)n2C)c1ccccn1. The summed E-state index contributed by atoms with van der Waals surface area (Å²) in [5.41, 5.74) is 1.81. The number of esters is 1. The lowest BCUT2D eigenvalue weighted by Gasteiger charge is -2.21. The van der Waals surface area contributed by atoms with Crippen LogP contribution in [0.2, 0.25) is 0 Å². The molecular weight excluding hydrogens is 403 g/mol. The predicted octanol–water partition coefficient (Wildman–Crippen LogP) is 3.65. The van der Waals surface area contributed by atoms with E-state index in [1.807, 2.05) is 0 Å². The number of imidazole rings is 1. The monoisotopic (exact) mass is 420 g/mol. The van der Waals surface area contributed by atoms with Gasteiger partial charge in [-0.2, -0.15) is 0 Å². The van der Waals surface area contributed by atoms with Gasteiger partial charge in [0.15, 0.2) is 4.84 Å². The Kier molecular flexibility index (Phi) is 6.16. The molecule has 3 aromatic rings. The lowest BCUT2D eigenvalue weighted by atomic mass is 10.1. The van der Waals surface area contributed by atoms with Crippen molar-refractivity contribution in [1.82, 2.24) is 14.5 Å². The summed E-state index contributed by atoms with van der Waals surface area (Å²) in [7, 11) is 3.11. The molecule has 146 valence electrons. The van der Waals surface area contributed by atoms with Crippen molar-refractivity contribution in [3.8, 4) is 0 Å². The number of alkyl halides is 2. The first-order valence-electron chi connectivity index (χ1n) is 8.46. The normalized spacial score (nSPS) is 11.0. The van der Waals surface area contributed by atoms with Crippen LogP contribution < -0.4 is 4.90 Å². The summed E-state index contributed by atoms with van der Waals surface area (Å²) in [5, 5.41) is 0. The maximum absolute atomic E-state index is 13.2. The van der Waals surface area contributed by atoms with Gasteiger partial charge in [0, 0.05) is 25.4 Å². The van der Waals surface area contributed by atoms with Crippen molar-refractivity contribution < 1.29 is 14.3 Å². The number of aromatic nitrogens is 3. The van der Waals surface area contributed by atoms with E-state index in [1.165, 1.54) is 12.0 Å². The van der Waals surface area contributed by atoms with Crippen LogP contribution in [0.25, 0.3) is 11.0 Å². The maximum atomic E-state index is 13.2.